The van der Waals surface area contributed by atoms with Gasteiger partial charge in [0.15, 0.2) is 0 Å². The van der Waals surface area contributed by atoms with Gasteiger partial charge < -0.3 is 4.90 Å². The van der Waals surface area contributed by atoms with Crippen LogP contribution in [0.1, 0.15) is 38.6 Å². The minimum atomic E-state index is -0.943. The topological polar surface area (TPSA) is 101 Å². The van der Waals surface area contributed by atoms with Gasteiger partial charge in [0, 0.05) is 24.4 Å². The number of nitro benzene ring substituents is 1. The second kappa shape index (κ2) is 7.32. The van der Waals surface area contributed by atoms with Crippen LogP contribution >= 0.6 is 11.8 Å². The van der Waals surface area contributed by atoms with Crippen LogP contribution in [0, 0.1) is 10.1 Å². The van der Waals surface area contributed by atoms with Crippen molar-refractivity contribution in [3.8, 4) is 0 Å². The normalized spacial score (nSPS) is 19.4. The zero-order valence-electron chi connectivity index (χ0n) is 15.5. The quantitative estimate of drug-likeness (QED) is 0.436. The van der Waals surface area contributed by atoms with Crippen molar-refractivity contribution in [2.45, 2.75) is 18.3 Å². The molecule has 0 bridgehead atoms. The Hall–Kier alpha value is -3.20. The number of nitrogens with zero attached hydrogens (tertiary/aromatic N) is 3. The van der Waals surface area contributed by atoms with Gasteiger partial charge >= 0.3 is 0 Å². The first-order valence-electron chi connectivity index (χ1n) is 9.03. The largest absolute Gasteiger partial charge is 0.324 e. The fourth-order valence-corrected chi connectivity index (χ4v) is 4.91. The van der Waals surface area contributed by atoms with Crippen LogP contribution in [-0.4, -0.2) is 50.8 Å². The number of rotatable bonds is 4. The van der Waals surface area contributed by atoms with Crippen LogP contribution in [0.4, 0.5) is 5.69 Å². The molecule has 148 valence electrons. The Labute approximate surface area is 170 Å². The van der Waals surface area contributed by atoms with Gasteiger partial charge in [-0.05, 0) is 36.8 Å². The maximum atomic E-state index is 13.2. The van der Waals surface area contributed by atoms with Gasteiger partial charge in [-0.25, -0.2) is 0 Å². The second-order valence-corrected chi connectivity index (χ2v) is 7.99. The number of hydrogen-bond donors (Lipinski definition) is 0. The van der Waals surface area contributed by atoms with Crippen LogP contribution in [0.15, 0.2) is 48.5 Å². The molecule has 0 aromatic heterocycles. The Balaban J connectivity index is 1.56. The first-order chi connectivity index (χ1) is 13.9. The molecule has 0 spiro atoms. The predicted octanol–water partition coefficient (Wildman–Crippen LogP) is 2.85. The molecule has 3 amide bonds. The molecular weight excluding hydrogens is 394 g/mol. The highest BCUT2D eigenvalue weighted by atomic mass is 32.2. The molecule has 2 aliphatic rings. The lowest BCUT2D eigenvalue weighted by Gasteiger charge is -2.30. The Morgan fingerprint density at radius 1 is 1.10 bits per heavy atom. The molecule has 8 nitrogen and oxygen atoms in total. The van der Waals surface area contributed by atoms with Gasteiger partial charge in [-0.1, -0.05) is 12.1 Å². The van der Waals surface area contributed by atoms with E-state index in [0.717, 1.165) is 10.5 Å². The molecule has 2 aliphatic heterocycles. The number of nitro groups is 1. The van der Waals surface area contributed by atoms with E-state index in [1.807, 2.05) is 0 Å². The number of hydrogen-bond acceptors (Lipinski definition) is 6. The number of amides is 3. The molecule has 2 aromatic rings. The van der Waals surface area contributed by atoms with E-state index in [9.17, 15) is 24.5 Å². The first-order valence-corrected chi connectivity index (χ1v) is 10.1. The molecule has 0 aliphatic carbocycles. The summed E-state index contributed by atoms with van der Waals surface area (Å²) in [6.07, 6.45) is 0. The number of fused-ring (bicyclic) bond motifs is 1. The van der Waals surface area contributed by atoms with E-state index in [2.05, 4.69) is 0 Å². The standard InChI is InChI=1S/C20H17N3O5S/c1-12(22-18(25)15-4-2-3-5-16(15)19(22)26)17(24)21-10-11-29-20(21)13-6-8-14(9-7-13)23(27)28/h2-9,12,20H,10-11H2,1H3. The summed E-state index contributed by atoms with van der Waals surface area (Å²) in [6, 6.07) is 11.7. The van der Waals surface area contributed by atoms with E-state index in [-0.39, 0.29) is 17.0 Å². The highest BCUT2D eigenvalue weighted by molar-refractivity contribution is 7.99. The van der Waals surface area contributed by atoms with E-state index in [4.69, 9.17) is 0 Å². The molecular formula is C20H17N3O5S. The van der Waals surface area contributed by atoms with Gasteiger partial charge in [0.1, 0.15) is 11.4 Å². The lowest BCUT2D eigenvalue weighted by Crippen LogP contribution is -2.49. The Bertz CT molecular complexity index is 988. The van der Waals surface area contributed by atoms with Crippen molar-refractivity contribution in [2.75, 3.05) is 12.3 Å². The summed E-state index contributed by atoms with van der Waals surface area (Å²) in [5.41, 5.74) is 1.36. The highest BCUT2D eigenvalue weighted by Crippen LogP contribution is 2.39. The number of carbonyl (C=O) groups excluding carboxylic acids is 3. The van der Waals surface area contributed by atoms with Crippen LogP contribution < -0.4 is 0 Å². The zero-order valence-corrected chi connectivity index (χ0v) is 16.3. The molecule has 1 saturated heterocycles. The van der Waals surface area contributed by atoms with E-state index in [1.165, 1.54) is 12.1 Å². The van der Waals surface area contributed by atoms with Gasteiger partial charge in [0.2, 0.25) is 5.91 Å². The summed E-state index contributed by atoms with van der Waals surface area (Å²) in [5, 5.41) is 10.5. The van der Waals surface area contributed by atoms with Crippen molar-refractivity contribution in [2.24, 2.45) is 0 Å². The van der Waals surface area contributed by atoms with Crippen LogP contribution in [0.25, 0.3) is 0 Å². The maximum Gasteiger partial charge on any atom is 0.269 e. The lowest BCUT2D eigenvalue weighted by molar-refractivity contribution is -0.384. The van der Waals surface area contributed by atoms with Gasteiger partial charge in [0.05, 0.1) is 16.1 Å². The van der Waals surface area contributed by atoms with Crippen molar-refractivity contribution in [3.05, 3.63) is 75.3 Å². The first kappa shape index (κ1) is 19.1. The summed E-state index contributed by atoms with van der Waals surface area (Å²) in [5.74, 6) is -0.564. The van der Waals surface area contributed by atoms with Gasteiger partial charge in [0.25, 0.3) is 17.5 Å². The number of carbonyl (C=O) groups is 3. The van der Waals surface area contributed by atoms with Crippen LogP contribution in [0.5, 0.6) is 0 Å². The van der Waals surface area contributed by atoms with Crippen LogP contribution in [0.3, 0.4) is 0 Å². The fourth-order valence-electron chi connectivity index (χ4n) is 3.64. The molecule has 2 unspecified atom stereocenters. The number of thioether (sulfide) groups is 1. The predicted molar refractivity (Wildman–Crippen MR) is 106 cm³/mol. The number of imide groups is 1. The molecule has 2 atom stereocenters. The summed E-state index contributed by atoms with van der Waals surface area (Å²) in [7, 11) is 0. The van der Waals surface area contributed by atoms with E-state index >= 15 is 0 Å². The Morgan fingerprint density at radius 2 is 1.69 bits per heavy atom. The van der Waals surface area contributed by atoms with Crippen molar-refractivity contribution in [3.63, 3.8) is 0 Å². The molecule has 1 fully saturated rings. The average molecular weight is 411 g/mol. The molecule has 0 radical (unpaired) electrons. The van der Waals surface area contributed by atoms with Gasteiger partial charge in [-0.15, -0.1) is 11.8 Å². The van der Waals surface area contributed by atoms with Gasteiger partial charge in [-0.2, -0.15) is 0 Å². The van der Waals surface area contributed by atoms with Crippen LogP contribution in [0.2, 0.25) is 0 Å². The summed E-state index contributed by atoms with van der Waals surface area (Å²) < 4.78 is 0. The SMILES string of the molecule is CC(C(=O)N1CCSC1c1ccc([N+](=O)[O-])cc1)N1C(=O)c2ccccc2C1=O. The Morgan fingerprint density at radius 3 is 2.24 bits per heavy atom. The molecule has 29 heavy (non-hydrogen) atoms. The Kier molecular flexibility index (Phi) is 4.83. The van der Waals surface area contributed by atoms with E-state index < -0.39 is 22.8 Å². The minimum absolute atomic E-state index is 0.0194. The second-order valence-electron chi connectivity index (χ2n) is 6.81. The van der Waals surface area contributed by atoms with E-state index in [1.54, 1.807) is 60.0 Å². The lowest BCUT2D eigenvalue weighted by atomic mass is 10.1. The number of non-ortho nitro benzene ring substituents is 1. The smallest absolute Gasteiger partial charge is 0.269 e. The average Bonchev–Trinajstić information content (AvgIpc) is 3.31. The fraction of sp³-hybridized carbons (Fsp3) is 0.250. The van der Waals surface area contributed by atoms with Crippen molar-refractivity contribution in [1.82, 2.24) is 9.80 Å². The molecule has 0 N–H and O–H groups in total. The summed E-state index contributed by atoms with van der Waals surface area (Å²) in [6.45, 7) is 2.03. The van der Waals surface area contributed by atoms with E-state index in [0.29, 0.717) is 23.4 Å². The molecule has 0 saturated carbocycles. The summed E-state index contributed by atoms with van der Waals surface area (Å²) >= 11 is 1.54. The molecule has 2 heterocycles. The third-order valence-corrected chi connectivity index (χ3v) is 6.39. The van der Waals surface area contributed by atoms with Crippen molar-refractivity contribution >= 4 is 35.2 Å². The zero-order chi connectivity index (χ0) is 20.7. The van der Waals surface area contributed by atoms with Crippen molar-refractivity contribution < 1.29 is 19.3 Å². The van der Waals surface area contributed by atoms with Crippen LogP contribution in [-0.2, 0) is 4.79 Å². The van der Waals surface area contributed by atoms with Gasteiger partial charge in [-0.3, -0.25) is 29.4 Å². The highest BCUT2D eigenvalue weighted by Gasteiger charge is 2.43. The number of benzene rings is 2. The third kappa shape index (κ3) is 3.17. The molecule has 9 heteroatoms. The monoisotopic (exact) mass is 411 g/mol. The minimum Gasteiger partial charge on any atom is -0.324 e. The third-order valence-electron chi connectivity index (χ3n) is 5.13. The van der Waals surface area contributed by atoms with Crippen molar-refractivity contribution in [1.29, 1.82) is 0 Å². The molecule has 4 rings (SSSR count). The molecule has 2 aromatic carbocycles. The maximum absolute atomic E-state index is 13.2. The summed E-state index contributed by atoms with van der Waals surface area (Å²) in [4.78, 5) is 51.6.